The molecular weight excluding hydrogens is 226 g/mol. The number of benzene rings is 1. The van der Waals surface area contributed by atoms with Crippen LogP contribution >= 0.6 is 0 Å². The van der Waals surface area contributed by atoms with Gasteiger partial charge in [-0.1, -0.05) is 39.0 Å². The molecule has 3 heteroatoms. The smallest absolute Gasteiger partial charge is 0.226 e. The second-order valence-electron chi connectivity index (χ2n) is 5.29. The normalized spacial score (nSPS) is 11.3. The number of carbonyl (C=O) groups excluding carboxylic acids is 1. The van der Waals surface area contributed by atoms with Gasteiger partial charge in [-0.15, -0.1) is 0 Å². The van der Waals surface area contributed by atoms with Gasteiger partial charge in [0.1, 0.15) is 0 Å². The predicted molar refractivity (Wildman–Crippen MR) is 74.9 cm³/mol. The minimum absolute atomic E-state index is 0.000139. The maximum Gasteiger partial charge on any atom is 0.226 e. The van der Waals surface area contributed by atoms with Crippen LogP contribution in [0.5, 0.6) is 0 Å². The van der Waals surface area contributed by atoms with Gasteiger partial charge in [-0.2, -0.15) is 0 Å². The fourth-order valence-corrected chi connectivity index (χ4v) is 1.77. The summed E-state index contributed by atoms with van der Waals surface area (Å²) in [6.45, 7) is 9.45. The standard InChI is InChI=1S/C15H23NO2/c1-5-18-11-10-14(17)16-13-9-7-6-8-12(13)15(2,3)4/h6-9H,5,10-11H2,1-4H3,(H,16,17). The summed E-state index contributed by atoms with van der Waals surface area (Å²) in [7, 11) is 0. The van der Waals surface area contributed by atoms with Crippen molar-refractivity contribution >= 4 is 11.6 Å². The second kappa shape index (κ2) is 6.55. The van der Waals surface area contributed by atoms with Crippen LogP contribution in [0.25, 0.3) is 0 Å². The molecule has 1 amide bonds. The minimum Gasteiger partial charge on any atom is -0.381 e. The number of para-hydroxylation sites is 1. The molecule has 0 bridgehead atoms. The fourth-order valence-electron chi connectivity index (χ4n) is 1.77. The summed E-state index contributed by atoms with van der Waals surface area (Å²) in [5.41, 5.74) is 2.06. The Labute approximate surface area is 110 Å². The largest absolute Gasteiger partial charge is 0.381 e. The van der Waals surface area contributed by atoms with Gasteiger partial charge in [0.05, 0.1) is 13.0 Å². The summed E-state index contributed by atoms with van der Waals surface area (Å²) in [5.74, 6) is 0.000139. The van der Waals surface area contributed by atoms with Crippen molar-refractivity contribution in [3.63, 3.8) is 0 Å². The molecule has 0 aromatic heterocycles. The van der Waals surface area contributed by atoms with Gasteiger partial charge in [0, 0.05) is 12.3 Å². The Hall–Kier alpha value is -1.35. The predicted octanol–water partition coefficient (Wildman–Crippen LogP) is 3.35. The van der Waals surface area contributed by atoms with E-state index in [2.05, 4.69) is 32.2 Å². The van der Waals surface area contributed by atoms with E-state index in [1.807, 2.05) is 25.1 Å². The molecule has 1 N–H and O–H groups in total. The second-order valence-corrected chi connectivity index (χ2v) is 5.29. The third-order valence-electron chi connectivity index (χ3n) is 2.69. The lowest BCUT2D eigenvalue weighted by molar-refractivity contribution is -0.117. The molecule has 0 unspecified atom stereocenters. The molecule has 0 heterocycles. The zero-order valence-corrected chi connectivity index (χ0v) is 11.7. The highest BCUT2D eigenvalue weighted by Crippen LogP contribution is 2.29. The van der Waals surface area contributed by atoms with Gasteiger partial charge in [-0.3, -0.25) is 4.79 Å². The lowest BCUT2D eigenvalue weighted by Gasteiger charge is -2.23. The quantitative estimate of drug-likeness (QED) is 0.813. The summed E-state index contributed by atoms with van der Waals surface area (Å²) in [6, 6.07) is 7.93. The van der Waals surface area contributed by atoms with Gasteiger partial charge in [0.15, 0.2) is 0 Å². The van der Waals surface area contributed by atoms with Gasteiger partial charge in [-0.25, -0.2) is 0 Å². The van der Waals surface area contributed by atoms with Gasteiger partial charge >= 0.3 is 0 Å². The molecule has 1 rings (SSSR count). The van der Waals surface area contributed by atoms with Crippen molar-refractivity contribution in [3.8, 4) is 0 Å². The van der Waals surface area contributed by atoms with E-state index >= 15 is 0 Å². The molecular formula is C15H23NO2. The highest BCUT2D eigenvalue weighted by atomic mass is 16.5. The van der Waals surface area contributed by atoms with E-state index < -0.39 is 0 Å². The Morgan fingerprint density at radius 3 is 2.56 bits per heavy atom. The Kier molecular flexibility index (Phi) is 5.35. The Balaban J connectivity index is 2.70. The molecule has 0 saturated heterocycles. The van der Waals surface area contributed by atoms with Gasteiger partial charge in [-0.05, 0) is 24.0 Å². The molecule has 100 valence electrons. The first-order valence-corrected chi connectivity index (χ1v) is 6.42. The third kappa shape index (κ3) is 4.49. The summed E-state index contributed by atoms with van der Waals surface area (Å²) >= 11 is 0. The third-order valence-corrected chi connectivity index (χ3v) is 2.69. The molecule has 0 atom stereocenters. The van der Waals surface area contributed by atoms with E-state index in [-0.39, 0.29) is 11.3 Å². The van der Waals surface area contributed by atoms with Crippen LogP contribution < -0.4 is 5.32 Å². The molecule has 0 spiro atoms. The van der Waals surface area contributed by atoms with Crippen LogP contribution in [0, 0.1) is 0 Å². The monoisotopic (exact) mass is 249 g/mol. The number of hydrogen-bond acceptors (Lipinski definition) is 2. The number of rotatable bonds is 5. The highest BCUT2D eigenvalue weighted by molar-refractivity contribution is 5.91. The van der Waals surface area contributed by atoms with Crippen LogP contribution in [0.1, 0.15) is 39.7 Å². The molecule has 0 radical (unpaired) electrons. The molecule has 3 nitrogen and oxygen atoms in total. The zero-order chi connectivity index (χ0) is 13.6. The number of ether oxygens (including phenoxy) is 1. The van der Waals surface area contributed by atoms with Crippen LogP contribution in [0.3, 0.4) is 0 Å². The van der Waals surface area contributed by atoms with Crippen LogP contribution in [0.15, 0.2) is 24.3 Å². The topological polar surface area (TPSA) is 38.3 Å². The number of amides is 1. The molecule has 0 aliphatic carbocycles. The van der Waals surface area contributed by atoms with Crippen molar-refractivity contribution in [2.24, 2.45) is 0 Å². The van der Waals surface area contributed by atoms with E-state index in [1.165, 1.54) is 0 Å². The van der Waals surface area contributed by atoms with Crippen molar-refractivity contribution in [3.05, 3.63) is 29.8 Å². The van der Waals surface area contributed by atoms with Crippen molar-refractivity contribution in [2.75, 3.05) is 18.5 Å². The zero-order valence-electron chi connectivity index (χ0n) is 11.7. The summed E-state index contributed by atoms with van der Waals surface area (Å²) < 4.78 is 5.18. The summed E-state index contributed by atoms with van der Waals surface area (Å²) in [6.07, 6.45) is 0.395. The summed E-state index contributed by atoms with van der Waals surface area (Å²) in [4.78, 5) is 11.8. The maximum absolute atomic E-state index is 11.8. The minimum atomic E-state index is 0.000139. The van der Waals surface area contributed by atoms with E-state index in [4.69, 9.17) is 4.74 Å². The number of hydrogen-bond donors (Lipinski definition) is 1. The van der Waals surface area contributed by atoms with E-state index in [0.717, 1.165) is 11.3 Å². The van der Waals surface area contributed by atoms with Crippen molar-refractivity contribution in [1.82, 2.24) is 0 Å². The molecule has 0 aliphatic heterocycles. The lowest BCUT2D eigenvalue weighted by atomic mass is 9.86. The number of anilines is 1. The number of nitrogens with one attached hydrogen (secondary N) is 1. The van der Waals surface area contributed by atoms with Crippen LogP contribution in [0.4, 0.5) is 5.69 Å². The van der Waals surface area contributed by atoms with Crippen LogP contribution in [0.2, 0.25) is 0 Å². The first kappa shape index (κ1) is 14.7. The van der Waals surface area contributed by atoms with Gasteiger partial charge in [0.2, 0.25) is 5.91 Å². The van der Waals surface area contributed by atoms with E-state index in [0.29, 0.717) is 19.6 Å². The van der Waals surface area contributed by atoms with Crippen molar-refractivity contribution in [2.45, 2.75) is 39.5 Å². The first-order valence-electron chi connectivity index (χ1n) is 6.42. The molecule has 0 fully saturated rings. The Morgan fingerprint density at radius 2 is 1.94 bits per heavy atom. The molecule has 0 saturated carbocycles. The first-order chi connectivity index (χ1) is 8.45. The maximum atomic E-state index is 11.8. The average molecular weight is 249 g/mol. The molecule has 18 heavy (non-hydrogen) atoms. The van der Waals surface area contributed by atoms with Crippen molar-refractivity contribution in [1.29, 1.82) is 0 Å². The van der Waals surface area contributed by atoms with Gasteiger partial charge in [0.25, 0.3) is 0 Å². The van der Waals surface area contributed by atoms with E-state index in [9.17, 15) is 4.79 Å². The summed E-state index contributed by atoms with van der Waals surface area (Å²) in [5, 5.41) is 2.96. The Morgan fingerprint density at radius 1 is 1.28 bits per heavy atom. The van der Waals surface area contributed by atoms with Crippen LogP contribution in [-0.4, -0.2) is 19.1 Å². The molecule has 0 aliphatic rings. The average Bonchev–Trinajstić information content (AvgIpc) is 2.28. The Bertz CT molecular complexity index is 394. The highest BCUT2D eigenvalue weighted by Gasteiger charge is 2.18. The number of carbonyl (C=O) groups is 1. The van der Waals surface area contributed by atoms with Gasteiger partial charge < -0.3 is 10.1 Å². The molecule has 1 aromatic carbocycles. The SMILES string of the molecule is CCOCCC(=O)Nc1ccccc1C(C)(C)C. The van der Waals surface area contributed by atoms with Crippen LogP contribution in [-0.2, 0) is 14.9 Å². The van der Waals surface area contributed by atoms with E-state index in [1.54, 1.807) is 0 Å². The lowest BCUT2D eigenvalue weighted by Crippen LogP contribution is -2.19. The fraction of sp³-hybridized carbons (Fsp3) is 0.533. The van der Waals surface area contributed by atoms with Crippen molar-refractivity contribution < 1.29 is 9.53 Å². The molecule has 1 aromatic rings.